The average Bonchev–Trinajstić information content (AvgIpc) is 3.06. The molecule has 0 saturated heterocycles. The topological polar surface area (TPSA) is 100 Å². The average molecular weight is 540 g/mol. The number of ether oxygens (including phenoxy) is 2. The molecule has 2 heterocycles. The van der Waals surface area contributed by atoms with Gasteiger partial charge in [-0.3, -0.25) is 0 Å². The second kappa shape index (κ2) is 10.3. The molecule has 0 amide bonds. The van der Waals surface area contributed by atoms with E-state index >= 15 is 0 Å². The molecule has 3 N–H and O–H groups in total. The normalized spacial score (nSPS) is 11.2. The molecule has 30 heavy (non-hydrogen) atoms. The first-order valence-electron chi connectivity index (χ1n) is 9.47. The van der Waals surface area contributed by atoms with E-state index < -0.39 is 0 Å². The molecule has 2 aromatic heterocycles. The number of imidazole rings is 1. The number of rotatable bonds is 10. The number of hydrogen-bond acceptors (Lipinski definition) is 8. The molecule has 0 aliphatic rings. The van der Waals surface area contributed by atoms with Crippen LogP contribution in [0, 0.1) is 3.57 Å². The van der Waals surface area contributed by atoms with Crippen LogP contribution in [-0.4, -0.2) is 39.2 Å². The lowest BCUT2D eigenvalue weighted by Crippen LogP contribution is -2.24. The van der Waals surface area contributed by atoms with E-state index in [1.54, 1.807) is 7.11 Å². The molecule has 0 radical (unpaired) electrons. The summed E-state index contributed by atoms with van der Waals surface area (Å²) in [5, 5.41) is 4.24. The summed E-state index contributed by atoms with van der Waals surface area (Å²) in [6, 6.07) is 4.29. The highest BCUT2D eigenvalue weighted by atomic mass is 127. The fourth-order valence-corrected chi connectivity index (χ4v) is 4.59. The molecule has 160 valence electrons. The van der Waals surface area contributed by atoms with Crippen molar-refractivity contribution in [3.8, 4) is 11.5 Å². The lowest BCUT2D eigenvalue weighted by molar-refractivity contribution is 0.377. The molecule has 0 aliphatic heterocycles. The Bertz CT molecular complexity index is 1040. The highest BCUT2D eigenvalue weighted by Crippen LogP contribution is 2.39. The molecule has 8 nitrogen and oxygen atoms in total. The lowest BCUT2D eigenvalue weighted by atomic mass is 10.3. The lowest BCUT2D eigenvalue weighted by Gasteiger charge is -2.13. The summed E-state index contributed by atoms with van der Waals surface area (Å²) < 4.78 is 14.0. The summed E-state index contributed by atoms with van der Waals surface area (Å²) in [5.41, 5.74) is 7.41. The van der Waals surface area contributed by atoms with E-state index in [1.807, 2.05) is 12.1 Å². The Hall–Kier alpha value is -2.05. The third-order valence-electron chi connectivity index (χ3n) is 4.27. The molecule has 0 atom stereocenters. The van der Waals surface area contributed by atoms with E-state index in [2.05, 4.69) is 62.9 Å². The minimum absolute atomic E-state index is 0.376. The number of aryl methyl sites for hydroxylation is 1. The van der Waals surface area contributed by atoms with Gasteiger partial charge < -0.3 is 25.1 Å². The maximum Gasteiger partial charge on any atom is 0.175 e. The number of nitrogens with one attached hydrogen (secondary N) is 1. The zero-order chi connectivity index (χ0) is 21.7. The molecule has 0 fully saturated rings. The van der Waals surface area contributed by atoms with Gasteiger partial charge in [0.1, 0.15) is 6.33 Å². The first-order valence-corrected chi connectivity index (χ1v) is 11.4. The van der Waals surface area contributed by atoms with Gasteiger partial charge in [0.15, 0.2) is 33.6 Å². The van der Waals surface area contributed by atoms with Gasteiger partial charge in [-0.05, 0) is 47.7 Å². The third kappa shape index (κ3) is 5.16. The number of halogens is 1. The van der Waals surface area contributed by atoms with Crippen molar-refractivity contribution in [3.63, 3.8) is 0 Å². The molecule has 3 rings (SSSR count). The summed E-state index contributed by atoms with van der Waals surface area (Å²) in [6.07, 6.45) is 3.79. The van der Waals surface area contributed by atoms with Gasteiger partial charge in [0.05, 0.1) is 13.4 Å². The van der Waals surface area contributed by atoms with Gasteiger partial charge in [0.2, 0.25) is 0 Å². The fourth-order valence-electron chi connectivity index (χ4n) is 2.88. The molecule has 0 saturated carbocycles. The van der Waals surface area contributed by atoms with Crippen LogP contribution in [0.25, 0.3) is 11.2 Å². The fraction of sp³-hybridized carbons (Fsp3) is 0.350. The third-order valence-corrected chi connectivity index (χ3v) is 6.58. The van der Waals surface area contributed by atoms with Crippen molar-refractivity contribution in [3.05, 3.63) is 34.9 Å². The SMILES string of the molecule is C=COc1cc(Sc2nc3c(N)ncnc3n2CCCNC(C)C)c(I)cc1OC. The van der Waals surface area contributed by atoms with E-state index in [9.17, 15) is 0 Å². The Morgan fingerprint density at radius 1 is 1.33 bits per heavy atom. The van der Waals surface area contributed by atoms with Crippen molar-refractivity contribution < 1.29 is 9.47 Å². The number of methoxy groups -OCH3 is 1. The number of fused-ring (bicyclic) bond motifs is 1. The molecule has 0 spiro atoms. The van der Waals surface area contributed by atoms with Gasteiger partial charge in [-0.25, -0.2) is 15.0 Å². The maximum absolute atomic E-state index is 6.06. The second-order valence-electron chi connectivity index (χ2n) is 6.76. The Kier molecular flexibility index (Phi) is 7.78. The summed E-state index contributed by atoms with van der Waals surface area (Å²) in [4.78, 5) is 14.2. The zero-order valence-corrected chi connectivity index (χ0v) is 20.2. The summed E-state index contributed by atoms with van der Waals surface area (Å²) in [5.74, 6) is 1.62. The smallest absolute Gasteiger partial charge is 0.175 e. The number of aromatic nitrogens is 4. The summed E-state index contributed by atoms with van der Waals surface area (Å²) in [7, 11) is 1.61. The number of hydrogen-bond donors (Lipinski definition) is 2. The van der Waals surface area contributed by atoms with Gasteiger partial charge in [-0.2, -0.15) is 0 Å². The van der Waals surface area contributed by atoms with E-state index in [4.69, 9.17) is 20.2 Å². The van der Waals surface area contributed by atoms with Crippen LogP contribution in [0.4, 0.5) is 5.82 Å². The van der Waals surface area contributed by atoms with Gasteiger partial charge in [0.25, 0.3) is 0 Å². The molecular formula is C20H25IN6O2S. The Balaban J connectivity index is 1.97. The Morgan fingerprint density at radius 2 is 2.13 bits per heavy atom. The molecule has 3 aromatic rings. The molecule has 0 bridgehead atoms. The molecule has 0 aliphatic carbocycles. The predicted octanol–water partition coefficient (Wildman–Crippen LogP) is 4.08. The van der Waals surface area contributed by atoms with Gasteiger partial charge >= 0.3 is 0 Å². The van der Waals surface area contributed by atoms with E-state index in [1.165, 1.54) is 24.4 Å². The summed E-state index contributed by atoms with van der Waals surface area (Å²) >= 11 is 3.81. The van der Waals surface area contributed by atoms with Crippen LogP contribution in [0.1, 0.15) is 20.3 Å². The van der Waals surface area contributed by atoms with Crippen molar-refractivity contribution in [2.24, 2.45) is 0 Å². The molecule has 10 heteroatoms. The van der Waals surface area contributed by atoms with Crippen molar-refractivity contribution in [1.82, 2.24) is 24.8 Å². The van der Waals surface area contributed by atoms with Crippen LogP contribution in [0.3, 0.4) is 0 Å². The quantitative estimate of drug-likeness (QED) is 0.226. The maximum atomic E-state index is 6.06. The van der Waals surface area contributed by atoms with Crippen LogP contribution in [-0.2, 0) is 6.54 Å². The van der Waals surface area contributed by atoms with Crippen molar-refractivity contribution >= 4 is 51.3 Å². The van der Waals surface area contributed by atoms with Gasteiger partial charge in [-0.1, -0.05) is 32.2 Å². The van der Waals surface area contributed by atoms with Crippen LogP contribution >= 0.6 is 34.4 Å². The monoisotopic (exact) mass is 540 g/mol. The van der Waals surface area contributed by atoms with E-state index in [-0.39, 0.29) is 0 Å². The second-order valence-corrected chi connectivity index (χ2v) is 8.93. The molecule has 1 aromatic carbocycles. The molecular weight excluding hydrogens is 515 g/mol. The number of nitrogens with zero attached hydrogens (tertiary/aromatic N) is 4. The minimum Gasteiger partial charge on any atom is -0.493 e. The largest absolute Gasteiger partial charge is 0.493 e. The van der Waals surface area contributed by atoms with Crippen LogP contribution in [0.2, 0.25) is 0 Å². The Labute approximate surface area is 193 Å². The summed E-state index contributed by atoms with van der Waals surface area (Å²) in [6.45, 7) is 9.57. The number of anilines is 1. The van der Waals surface area contributed by atoms with Gasteiger partial charge in [-0.15, -0.1) is 0 Å². The highest BCUT2D eigenvalue weighted by Gasteiger charge is 2.18. The van der Waals surface area contributed by atoms with Crippen molar-refractivity contribution in [1.29, 1.82) is 0 Å². The molecule has 0 unspecified atom stereocenters. The van der Waals surface area contributed by atoms with Crippen LogP contribution in [0.5, 0.6) is 11.5 Å². The minimum atomic E-state index is 0.376. The highest BCUT2D eigenvalue weighted by molar-refractivity contribution is 14.1. The Morgan fingerprint density at radius 3 is 2.83 bits per heavy atom. The van der Waals surface area contributed by atoms with E-state index in [0.29, 0.717) is 28.9 Å². The van der Waals surface area contributed by atoms with Crippen molar-refractivity contribution in [2.45, 2.75) is 42.9 Å². The predicted molar refractivity (Wildman–Crippen MR) is 128 cm³/mol. The van der Waals surface area contributed by atoms with E-state index in [0.717, 1.165) is 38.8 Å². The number of benzene rings is 1. The first kappa shape index (κ1) is 22.6. The first-order chi connectivity index (χ1) is 14.4. The van der Waals surface area contributed by atoms with Crippen molar-refractivity contribution in [2.75, 3.05) is 19.4 Å². The zero-order valence-electron chi connectivity index (χ0n) is 17.2. The number of nitrogens with two attached hydrogens (primary N) is 1. The standard InChI is InChI=1S/C20H25IN6O2S/c1-5-29-15-10-16(13(21)9-14(15)28-4)30-20-26-17-18(22)24-11-25-19(17)27(20)8-6-7-23-12(2)3/h5,9-12,23H,1,6-8H2,2-4H3,(H2,22,24,25). The number of nitrogen functional groups attached to an aromatic ring is 1. The van der Waals surface area contributed by atoms with Gasteiger partial charge in [0, 0.05) is 21.1 Å². The van der Waals surface area contributed by atoms with Crippen LogP contribution in [0.15, 0.2) is 41.4 Å². The van der Waals surface area contributed by atoms with Crippen LogP contribution < -0.4 is 20.5 Å².